The Morgan fingerprint density at radius 3 is 1.06 bits per heavy atom. The molecule has 0 spiro atoms. The highest BCUT2D eigenvalue weighted by molar-refractivity contribution is 7.99. The molecule has 0 unspecified atom stereocenters. The molecule has 20 heteroatoms. The number of carbonyl (C=O) groups is 6. The Kier molecular flexibility index (Phi) is 37.4. The van der Waals surface area contributed by atoms with Crippen molar-refractivity contribution in [3.8, 4) is 0 Å². The molecule has 0 amide bonds. The molecule has 0 saturated carbocycles. The predicted molar refractivity (Wildman–Crippen MR) is 248 cm³/mol. The van der Waals surface area contributed by atoms with Crippen molar-refractivity contribution in [1.29, 1.82) is 0 Å². The first-order chi connectivity index (χ1) is 29.3. The molecule has 0 aliphatic carbocycles. The fourth-order valence-electron chi connectivity index (χ4n) is 4.31. The van der Waals surface area contributed by atoms with E-state index >= 15 is 0 Å². The first-order valence-corrected chi connectivity index (χ1v) is 26.6. The second kappa shape index (κ2) is 36.9. The molecule has 0 atom stereocenters. The van der Waals surface area contributed by atoms with Gasteiger partial charge in [-0.15, -0.1) is 0 Å². The van der Waals surface area contributed by atoms with E-state index in [4.69, 9.17) is 46.1 Å². The van der Waals surface area contributed by atoms with Crippen molar-refractivity contribution in [3.63, 3.8) is 0 Å². The minimum Gasteiger partial charge on any atom is -0.465 e. The number of ether oxygens (including phenoxy) is 6. The summed E-state index contributed by atoms with van der Waals surface area (Å²) in [5, 5.41) is 0. The maximum atomic E-state index is 12.2. The topological polar surface area (TPSA) is 195 Å². The summed E-state index contributed by atoms with van der Waals surface area (Å²) in [5.74, 6) is -0.954. The number of rotatable bonds is 33. The molecule has 0 rings (SSSR count). The molecule has 0 aromatic rings. The summed E-state index contributed by atoms with van der Waals surface area (Å²) in [6.45, 7) is 23.9. The number of thioether (sulfide) groups is 1. The van der Waals surface area contributed by atoms with Gasteiger partial charge in [-0.3, -0.25) is 4.79 Å². The van der Waals surface area contributed by atoms with Crippen LogP contribution in [0.15, 0.2) is 63.3 Å². The Hall–Kier alpha value is -3.51. The van der Waals surface area contributed by atoms with Gasteiger partial charge in [0.1, 0.15) is 39.6 Å². The minimum absolute atomic E-state index is 0.0342. The number of hydrogen-bond acceptors (Lipinski definition) is 18. The van der Waals surface area contributed by atoms with Gasteiger partial charge in [0.15, 0.2) is 0 Å². The summed E-state index contributed by atoms with van der Waals surface area (Å²) in [6, 6.07) is 1.92. The number of carbonyl (C=O) groups excluding carboxylic acids is 6. The Balaban J connectivity index is -0.000000961. The largest absolute Gasteiger partial charge is 0.465 e. The van der Waals surface area contributed by atoms with Crippen molar-refractivity contribution in [2.75, 3.05) is 85.3 Å². The molecule has 16 nitrogen and oxygen atoms in total. The highest BCUT2D eigenvalue weighted by Gasteiger charge is 2.35. The highest BCUT2D eigenvalue weighted by Crippen LogP contribution is 2.26. The zero-order valence-corrected chi connectivity index (χ0v) is 41.8. The SMILES string of the molecule is C=CC(=O)OCC(CC)(COC(=O)C=C)COC(=O)C=C.C=CC(=O)OCC(CC)(COC(=O)C=C)COC(=O)CCSCCC[Si](C)(OC)OC.CO[Si](C)(CCCS)OC. The van der Waals surface area contributed by atoms with Gasteiger partial charge in [0.2, 0.25) is 0 Å². The fraction of sp³-hybridized carbons (Fsp3) is 0.619. The lowest BCUT2D eigenvalue weighted by Gasteiger charge is -2.30. The quantitative estimate of drug-likeness (QED) is 0.0187. The van der Waals surface area contributed by atoms with Crippen LogP contribution in [0.1, 0.15) is 46.0 Å². The van der Waals surface area contributed by atoms with E-state index in [2.05, 4.69) is 52.1 Å². The molecule has 0 aromatic heterocycles. The molecular formula is C42H72O16S2Si2. The molecule has 0 heterocycles. The predicted octanol–water partition coefficient (Wildman–Crippen LogP) is 6.50. The Bertz CT molecular complexity index is 1300. The standard InChI is InChI=1S/C21H36O8SSi.C15H20O6.C6H16O2SSi/c1-7-18(22)27-15-21(9-3,16-28-19(23)8-2)17-29-20(24)11-13-30-12-10-14-31(6,25-4)26-5;1-5-12(16)19-9-15(8-4,10-20-13(17)6-2)11-21-14(18)7-3;1-7-10(3,8-2)6-4-5-9/h7-8H,1-2,9-17H2,3-6H3;5-7H,1-3,8-11H2,4H3;9H,4-6H2,1-3H3. The van der Waals surface area contributed by atoms with Gasteiger partial charge in [-0.2, -0.15) is 24.4 Å². The van der Waals surface area contributed by atoms with Gasteiger partial charge >= 0.3 is 52.9 Å². The molecule has 0 aliphatic rings. The average Bonchev–Trinajstić information content (AvgIpc) is 3.31. The first kappa shape index (κ1) is 62.8. The third kappa shape index (κ3) is 30.5. The zero-order chi connectivity index (χ0) is 48.1. The lowest BCUT2D eigenvalue weighted by atomic mass is 9.88. The molecule has 0 saturated heterocycles. The Morgan fingerprint density at radius 1 is 0.516 bits per heavy atom. The smallest absolute Gasteiger partial charge is 0.334 e. The van der Waals surface area contributed by atoms with Crippen molar-refractivity contribution in [1.82, 2.24) is 0 Å². The maximum absolute atomic E-state index is 12.2. The third-order valence-electron chi connectivity index (χ3n) is 9.36. The van der Waals surface area contributed by atoms with Gasteiger partial charge in [-0.05, 0) is 62.4 Å². The lowest BCUT2D eigenvalue weighted by Crippen LogP contribution is -2.38. The van der Waals surface area contributed by atoms with E-state index in [1.54, 1.807) is 47.1 Å². The van der Waals surface area contributed by atoms with Crippen LogP contribution in [0.4, 0.5) is 0 Å². The third-order valence-corrected chi connectivity index (χ3v) is 16.7. The van der Waals surface area contributed by atoms with Crippen LogP contribution in [-0.2, 0) is 74.9 Å². The lowest BCUT2D eigenvalue weighted by molar-refractivity contribution is -0.159. The van der Waals surface area contributed by atoms with Crippen LogP contribution >= 0.6 is 24.4 Å². The average molecular weight is 953 g/mol. The van der Waals surface area contributed by atoms with E-state index in [9.17, 15) is 28.8 Å². The van der Waals surface area contributed by atoms with Gasteiger partial charge in [-0.1, -0.05) is 46.7 Å². The van der Waals surface area contributed by atoms with Crippen molar-refractivity contribution in [2.24, 2.45) is 10.8 Å². The maximum Gasteiger partial charge on any atom is 0.334 e. The highest BCUT2D eigenvalue weighted by atomic mass is 32.2. The Labute approximate surface area is 381 Å². The summed E-state index contributed by atoms with van der Waals surface area (Å²) in [6.07, 6.45) is 8.35. The number of thiol groups is 1. The molecule has 0 N–H and O–H groups in total. The van der Waals surface area contributed by atoms with E-state index in [1.807, 2.05) is 13.5 Å². The van der Waals surface area contributed by atoms with Gasteiger partial charge in [0.25, 0.3) is 0 Å². The van der Waals surface area contributed by atoms with E-state index in [1.165, 1.54) is 0 Å². The molecular weight excluding hydrogens is 881 g/mol. The summed E-state index contributed by atoms with van der Waals surface area (Å²) in [5.41, 5.74) is -1.68. The van der Waals surface area contributed by atoms with Crippen LogP contribution in [-0.4, -0.2) is 138 Å². The van der Waals surface area contributed by atoms with E-state index < -0.39 is 57.8 Å². The number of hydrogen-bond donors (Lipinski definition) is 1. The summed E-state index contributed by atoms with van der Waals surface area (Å²) in [4.78, 5) is 68.6. The molecule has 0 aromatic carbocycles. The first-order valence-electron chi connectivity index (χ1n) is 19.8. The van der Waals surface area contributed by atoms with Crippen LogP contribution in [0, 0.1) is 10.8 Å². The van der Waals surface area contributed by atoms with Crippen LogP contribution in [0.25, 0.3) is 0 Å². The van der Waals surface area contributed by atoms with Gasteiger partial charge in [0, 0.05) is 64.6 Å². The van der Waals surface area contributed by atoms with Crippen LogP contribution in [0.2, 0.25) is 25.2 Å². The van der Waals surface area contributed by atoms with Crippen molar-refractivity contribution in [3.05, 3.63) is 63.3 Å². The van der Waals surface area contributed by atoms with Crippen LogP contribution in [0.3, 0.4) is 0 Å². The van der Waals surface area contributed by atoms with Gasteiger partial charge < -0.3 is 46.1 Å². The van der Waals surface area contributed by atoms with Crippen molar-refractivity contribution < 1.29 is 74.9 Å². The monoisotopic (exact) mass is 952 g/mol. The molecule has 0 radical (unpaired) electrons. The van der Waals surface area contributed by atoms with Crippen LogP contribution in [0.5, 0.6) is 0 Å². The van der Waals surface area contributed by atoms with E-state index in [-0.39, 0.29) is 52.0 Å². The fourth-order valence-corrected chi connectivity index (χ4v) is 8.68. The number of esters is 6. The molecule has 0 fully saturated rings. The molecule has 62 heavy (non-hydrogen) atoms. The Morgan fingerprint density at radius 2 is 0.806 bits per heavy atom. The molecule has 356 valence electrons. The summed E-state index contributed by atoms with van der Waals surface area (Å²) in [7, 11) is 2.97. The summed E-state index contributed by atoms with van der Waals surface area (Å²) < 4.78 is 52.1. The van der Waals surface area contributed by atoms with Gasteiger partial charge in [0.05, 0.1) is 17.3 Å². The summed E-state index contributed by atoms with van der Waals surface area (Å²) >= 11 is 5.79. The minimum atomic E-state index is -2.04. The van der Waals surface area contributed by atoms with Crippen molar-refractivity contribution in [2.45, 2.75) is 71.1 Å². The zero-order valence-electron chi connectivity index (χ0n) is 38.1. The molecule has 0 bridgehead atoms. The van der Waals surface area contributed by atoms with Crippen LogP contribution < -0.4 is 0 Å². The van der Waals surface area contributed by atoms with E-state index in [0.717, 1.165) is 66.8 Å². The second-order valence-corrected chi connectivity index (χ2v) is 22.6. The second-order valence-electron chi connectivity index (χ2n) is 13.8. The van der Waals surface area contributed by atoms with E-state index in [0.29, 0.717) is 18.6 Å². The normalized spacial score (nSPS) is 11.1. The van der Waals surface area contributed by atoms with Gasteiger partial charge in [-0.25, -0.2) is 24.0 Å². The molecule has 0 aliphatic heterocycles. The van der Waals surface area contributed by atoms with Crippen molar-refractivity contribution >= 4 is 77.3 Å².